The van der Waals surface area contributed by atoms with Crippen molar-refractivity contribution < 1.29 is 4.92 Å². The summed E-state index contributed by atoms with van der Waals surface area (Å²) in [4.78, 5) is 30.3. The van der Waals surface area contributed by atoms with Crippen LogP contribution < -0.4 is 5.32 Å². The van der Waals surface area contributed by atoms with E-state index in [2.05, 4.69) is 25.3 Å². The first-order valence-corrected chi connectivity index (χ1v) is 9.36. The minimum absolute atomic E-state index is 0.0648. The molecule has 8 nitrogen and oxygen atoms in total. The van der Waals surface area contributed by atoms with Gasteiger partial charge in [-0.1, -0.05) is 12.1 Å². The molecule has 0 spiro atoms. The van der Waals surface area contributed by atoms with Gasteiger partial charge >= 0.3 is 0 Å². The predicted molar refractivity (Wildman–Crippen MR) is 108 cm³/mol. The number of hydrogen-bond donors (Lipinski definition) is 1. The summed E-state index contributed by atoms with van der Waals surface area (Å²) in [5.41, 5.74) is 2.57. The lowest BCUT2D eigenvalue weighted by atomic mass is 10.2. The predicted octanol–water partition coefficient (Wildman–Crippen LogP) is 4.29. The van der Waals surface area contributed by atoms with Gasteiger partial charge in [0.15, 0.2) is 5.82 Å². The van der Waals surface area contributed by atoms with Gasteiger partial charge in [-0.05, 0) is 25.0 Å². The van der Waals surface area contributed by atoms with Crippen LogP contribution in [0.3, 0.4) is 0 Å². The number of anilines is 1. The SMILES string of the molecule is Cc1sc2nc(-c3cnccn3)nc(NCc3cccc([N+](=O)[O-])c3)c2c1C. The van der Waals surface area contributed by atoms with Gasteiger partial charge in [0.05, 0.1) is 16.5 Å². The second kappa shape index (κ2) is 7.28. The molecular formula is C19H16N6O2S. The average molecular weight is 392 g/mol. The van der Waals surface area contributed by atoms with Crippen molar-refractivity contribution in [3.8, 4) is 11.5 Å². The maximum Gasteiger partial charge on any atom is 0.269 e. The molecule has 0 unspecified atom stereocenters. The molecule has 0 aliphatic rings. The van der Waals surface area contributed by atoms with Gasteiger partial charge in [0.25, 0.3) is 5.69 Å². The number of rotatable bonds is 5. The smallest absolute Gasteiger partial charge is 0.269 e. The largest absolute Gasteiger partial charge is 0.365 e. The molecule has 1 aromatic carbocycles. The average Bonchev–Trinajstić information content (AvgIpc) is 3.01. The molecule has 0 aliphatic heterocycles. The van der Waals surface area contributed by atoms with Crippen molar-refractivity contribution >= 4 is 33.1 Å². The van der Waals surface area contributed by atoms with Crippen LogP contribution in [0.4, 0.5) is 11.5 Å². The van der Waals surface area contributed by atoms with Crippen LogP contribution in [-0.4, -0.2) is 24.9 Å². The minimum atomic E-state index is -0.398. The molecule has 1 N–H and O–H groups in total. The second-order valence-corrected chi connectivity index (χ2v) is 7.43. The van der Waals surface area contributed by atoms with E-state index in [0.717, 1.165) is 21.3 Å². The van der Waals surface area contributed by atoms with Crippen LogP contribution >= 0.6 is 11.3 Å². The molecule has 3 aromatic heterocycles. The lowest BCUT2D eigenvalue weighted by Gasteiger charge is -2.10. The number of fused-ring (bicyclic) bond motifs is 1. The first-order chi connectivity index (χ1) is 13.5. The Kier molecular flexibility index (Phi) is 4.66. The Balaban J connectivity index is 1.74. The Morgan fingerprint density at radius 3 is 2.82 bits per heavy atom. The van der Waals surface area contributed by atoms with E-state index in [9.17, 15) is 10.1 Å². The van der Waals surface area contributed by atoms with Crippen molar-refractivity contribution in [2.24, 2.45) is 0 Å². The number of benzene rings is 1. The molecule has 28 heavy (non-hydrogen) atoms. The zero-order valence-electron chi connectivity index (χ0n) is 15.2. The van der Waals surface area contributed by atoms with Crippen LogP contribution in [0.5, 0.6) is 0 Å². The van der Waals surface area contributed by atoms with Crippen LogP contribution in [-0.2, 0) is 6.54 Å². The van der Waals surface area contributed by atoms with E-state index in [4.69, 9.17) is 0 Å². The van der Waals surface area contributed by atoms with Crippen LogP contribution in [0, 0.1) is 24.0 Å². The summed E-state index contributed by atoms with van der Waals surface area (Å²) in [5, 5.41) is 15.3. The fourth-order valence-electron chi connectivity index (χ4n) is 2.87. The van der Waals surface area contributed by atoms with Crippen molar-refractivity contribution in [3.63, 3.8) is 0 Å². The van der Waals surface area contributed by atoms with E-state index in [-0.39, 0.29) is 5.69 Å². The number of nitro groups is 1. The first-order valence-electron chi connectivity index (χ1n) is 8.54. The van der Waals surface area contributed by atoms with Crippen molar-refractivity contribution in [3.05, 3.63) is 69.0 Å². The van der Waals surface area contributed by atoms with Gasteiger partial charge in [-0.15, -0.1) is 11.3 Å². The molecule has 0 saturated heterocycles. The Morgan fingerprint density at radius 1 is 1.21 bits per heavy atom. The topological polar surface area (TPSA) is 107 Å². The van der Waals surface area contributed by atoms with Crippen LogP contribution in [0.15, 0.2) is 42.9 Å². The monoisotopic (exact) mass is 392 g/mol. The Hall–Kier alpha value is -3.46. The van der Waals surface area contributed by atoms with E-state index in [1.807, 2.05) is 19.9 Å². The van der Waals surface area contributed by atoms with Crippen molar-refractivity contribution in [1.82, 2.24) is 19.9 Å². The molecule has 0 amide bonds. The van der Waals surface area contributed by atoms with Gasteiger partial charge in [-0.3, -0.25) is 15.1 Å². The summed E-state index contributed by atoms with van der Waals surface area (Å²) in [6, 6.07) is 6.55. The Labute approximate surface area is 164 Å². The highest BCUT2D eigenvalue weighted by molar-refractivity contribution is 7.18. The van der Waals surface area contributed by atoms with Crippen LogP contribution in [0.2, 0.25) is 0 Å². The highest BCUT2D eigenvalue weighted by Gasteiger charge is 2.16. The third kappa shape index (κ3) is 3.39. The van der Waals surface area contributed by atoms with E-state index < -0.39 is 4.92 Å². The van der Waals surface area contributed by atoms with Gasteiger partial charge < -0.3 is 5.32 Å². The number of aromatic nitrogens is 4. The summed E-state index contributed by atoms with van der Waals surface area (Å²) in [5.74, 6) is 1.17. The lowest BCUT2D eigenvalue weighted by molar-refractivity contribution is -0.384. The number of aryl methyl sites for hydroxylation is 2. The highest BCUT2D eigenvalue weighted by Crippen LogP contribution is 2.34. The Morgan fingerprint density at radius 2 is 2.07 bits per heavy atom. The number of nitrogens with zero attached hydrogens (tertiary/aromatic N) is 5. The summed E-state index contributed by atoms with van der Waals surface area (Å²) >= 11 is 1.60. The number of nitrogens with one attached hydrogen (secondary N) is 1. The fourth-order valence-corrected chi connectivity index (χ4v) is 3.90. The molecule has 4 aromatic rings. The molecular weight excluding hydrogens is 376 g/mol. The zero-order chi connectivity index (χ0) is 19.7. The van der Waals surface area contributed by atoms with E-state index >= 15 is 0 Å². The standard InChI is InChI=1S/C19H16N6O2S/c1-11-12(2)28-19-16(11)18(23-17(24-19)15-10-20-6-7-21-15)22-9-13-4-3-5-14(8-13)25(26)27/h3-8,10H,9H2,1-2H3,(H,22,23,24). The summed E-state index contributed by atoms with van der Waals surface area (Å²) in [6.07, 6.45) is 4.83. The van der Waals surface area contributed by atoms with Crippen LogP contribution in [0.25, 0.3) is 21.7 Å². The van der Waals surface area contributed by atoms with Crippen molar-refractivity contribution in [2.75, 3.05) is 5.32 Å². The molecule has 0 atom stereocenters. The summed E-state index contributed by atoms with van der Waals surface area (Å²) in [6.45, 7) is 4.49. The number of hydrogen-bond acceptors (Lipinski definition) is 8. The molecule has 3 heterocycles. The highest BCUT2D eigenvalue weighted by atomic mass is 32.1. The lowest BCUT2D eigenvalue weighted by Crippen LogP contribution is -2.05. The Bertz CT molecular complexity index is 1180. The summed E-state index contributed by atoms with van der Waals surface area (Å²) in [7, 11) is 0. The maximum absolute atomic E-state index is 11.0. The molecule has 0 radical (unpaired) electrons. The number of thiophene rings is 1. The van der Waals surface area contributed by atoms with Crippen molar-refractivity contribution in [2.45, 2.75) is 20.4 Å². The molecule has 4 rings (SSSR count). The second-order valence-electron chi connectivity index (χ2n) is 6.23. The van der Waals surface area contributed by atoms with E-state index in [1.54, 1.807) is 42.1 Å². The van der Waals surface area contributed by atoms with Crippen LogP contribution in [0.1, 0.15) is 16.0 Å². The van der Waals surface area contributed by atoms with Gasteiger partial charge in [-0.2, -0.15) is 0 Å². The van der Waals surface area contributed by atoms with Gasteiger partial charge in [-0.25, -0.2) is 15.0 Å². The normalized spacial score (nSPS) is 10.9. The van der Waals surface area contributed by atoms with Gasteiger partial charge in [0.1, 0.15) is 16.3 Å². The molecule has 0 fully saturated rings. The fraction of sp³-hybridized carbons (Fsp3) is 0.158. The number of non-ortho nitro benzene ring substituents is 1. The van der Waals surface area contributed by atoms with E-state index in [0.29, 0.717) is 23.9 Å². The van der Waals surface area contributed by atoms with Gasteiger partial charge in [0.2, 0.25) is 0 Å². The molecule has 0 saturated carbocycles. The maximum atomic E-state index is 11.0. The minimum Gasteiger partial charge on any atom is -0.365 e. The third-order valence-corrected chi connectivity index (χ3v) is 5.50. The third-order valence-electron chi connectivity index (χ3n) is 4.40. The summed E-state index contributed by atoms with van der Waals surface area (Å²) < 4.78 is 0. The quantitative estimate of drug-likeness (QED) is 0.399. The molecule has 0 aliphatic carbocycles. The number of nitro benzene ring substituents is 1. The van der Waals surface area contributed by atoms with E-state index in [1.165, 1.54) is 10.9 Å². The molecule has 140 valence electrons. The zero-order valence-corrected chi connectivity index (χ0v) is 16.0. The first kappa shape index (κ1) is 17.9. The van der Waals surface area contributed by atoms with Gasteiger partial charge in [0, 0.05) is 35.9 Å². The molecule has 0 bridgehead atoms. The molecule has 9 heteroatoms. The van der Waals surface area contributed by atoms with Crippen molar-refractivity contribution in [1.29, 1.82) is 0 Å².